The molecule has 2 aromatic rings. The van der Waals surface area contributed by atoms with E-state index in [1.165, 1.54) is 6.26 Å². The van der Waals surface area contributed by atoms with Gasteiger partial charge in [0.15, 0.2) is 11.9 Å². The average Bonchev–Trinajstić information content (AvgIpc) is 3.04. The molecule has 0 bridgehead atoms. The van der Waals surface area contributed by atoms with Gasteiger partial charge in [0.1, 0.15) is 5.75 Å². The Morgan fingerprint density at radius 1 is 1.23 bits per heavy atom. The highest BCUT2D eigenvalue weighted by Crippen LogP contribution is 2.17. The third-order valence-electron chi connectivity index (χ3n) is 2.82. The summed E-state index contributed by atoms with van der Waals surface area (Å²) in [6, 6.07) is 9.66. The minimum atomic E-state index is -0.622. The number of rotatable bonds is 6. The first kappa shape index (κ1) is 15.8. The molecule has 0 aliphatic carbocycles. The van der Waals surface area contributed by atoms with Gasteiger partial charge in [0.05, 0.1) is 6.26 Å². The number of hydrogen-bond donors (Lipinski definition) is 1. The van der Waals surface area contributed by atoms with Crippen molar-refractivity contribution in [1.29, 1.82) is 0 Å². The minimum absolute atomic E-state index is 0.223. The van der Waals surface area contributed by atoms with Gasteiger partial charge in [-0.25, -0.2) is 4.79 Å². The number of carbonyl (C=O) groups excluding carboxylic acids is 2. The highest BCUT2D eigenvalue weighted by Gasteiger charge is 2.15. The van der Waals surface area contributed by atoms with Crippen molar-refractivity contribution >= 4 is 17.6 Å². The first-order valence-corrected chi connectivity index (χ1v) is 6.88. The van der Waals surface area contributed by atoms with Crippen LogP contribution in [0.5, 0.6) is 5.75 Å². The van der Waals surface area contributed by atoms with Crippen LogP contribution in [0.15, 0.2) is 47.1 Å². The number of nitrogens with one attached hydrogen (secondary N) is 1. The van der Waals surface area contributed by atoms with E-state index in [9.17, 15) is 9.59 Å². The molecule has 0 saturated heterocycles. The number of furan rings is 1. The number of ether oxygens (including phenoxy) is 2. The van der Waals surface area contributed by atoms with Crippen LogP contribution in [0.3, 0.4) is 0 Å². The Hall–Kier alpha value is -2.60. The Kier molecular flexibility index (Phi) is 5.32. The van der Waals surface area contributed by atoms with Crippen LogP contribution in [0.1, 0.15) is 24.4 Å². The molecule has 0 radical (unpaired) electrons. The van der Waals surface area contributed by atoms with E-state index in [4.69, 9.17) is 13.9 Å². The van der Waals surface area contributed by atoms with Crippen molar-refractivity contribution < 1.29 is 23.5 Å². The van der Waals surface area contributed by atoms with Gasteiger partial charge in [0.25, 0.3) is 5.91 Å². The molecule has 116 valence electrons. The number of esters is 1. The van der Waals surface area contributed by atoms with E-state index in [0.717, 1.165) is 0 Å². The summed E-state index contributed by atoms with van der Waals surface area (Å²) in [6.07, 6.45) is 0.806. The van der Waals surface area contributed by atoms with Crippen LogP contribution in [0.25, 0.3) is 0 Å². The molecule has 1 amide bonds. The molecular weight excluding hydrogens is 286 g/mol. The molecule has 0 fully saturated rings. The standard InChI is InChI=1S/C16H17NO5/c1-3-20-11(2)16(19)22-13-8-6-12(7-9-13)17-15(18)14-5-4-10-21-14/h4-11H,3H2,1-2H3,(H,17,18)/t11-/m0/s1. The van der Waals surface area contributed by atoms with Crippen LogP contribution in [-0.2, 0) is 9.53 Å². The molecule has 1 atom stereocenters. The SMILES string of the molecule is CCO[C@@H](C)C(=O)Oc1ccc(NC(=O)c2ccco2)cc1. The number of anilines is 1. The van der Waals surface area contributed by atoms with Gasteiger partial charge >= 0.3 is 5.97 Å². The maximum absolute atomic E-state index is 11.8. The van der Waals surface area contributed by atoms with Gasteiger partial charge in [0, 0.05) is 12.3 Å². The Labute approximate surface area is 128 Å². The van der Waals surface area contributed by atoms with E-state index < -0.39 is 12.1 Å². The fourth-order valence-electron chi connectivity index (χ4n) is 1.72. The van der Waals surface area contributed by atoms with Crippen molar-refractivity contribution in [2.75, 3.05) is 11.9 Å². The molecule has 0 spiro atoms. The molecule has 0 unspecified atom stereocenters. The van der Waals surface area contributed by atoms with Gasteiger partial charge in [-0.2, -0.15) is 0 Å². The molecule has 6 nitrogen and oxygen atoms in total. The molecule has 1 N–H and O–H groups in total. The van der Waals surface area contributed by atoms with Crippen molar-refractivity contribution in [3.05, 3.63) is 48.4 Å². The summed E-state index contributed by atoms with van der Waals surface area (Å²) in [5, 5.41) is 2.67. The average molecular weight is 303 g/mol. The Morgan fingerprint density at radius 2 is 1.95 bits per heavy atom. The van der Waals surface area contributed by atoms with Crippen molar-refractivity contribution in [3.8, 4) is 5.75 Å². The van der Waals surface area contributed by atoms with E-state index >= 15 is 0 Å². The third-order valence-corrected chi connectivity index (χ3v) is 2.82. The Balaban J connectivity index is 1.93. The second kappa shape index (κ2) is 7.42. The zero-order valence-corrected chi connectivity index (χ0v) is 12.4. The lowest BCUT2D eigenvalue weighted by Crippen LogP contribution is -2.25. The summed E-state index contributed by atoms with van der Waals surface area (Å²) >= 11 is 0. The van der Waals surface area contributed by atoms with Crippen LogP contribution in [-0.4, -0.2) is 24.6 Å². The predicted octanol–water partition coefficient (Wildman–Crippen LogP) is 2.86. The monoisotopic (exact) mass is 303 g/mol. The molecule has 1 aromatic heterocycles. The quantitative estimate of drug-likeness (QED) is 0.656. The van der Waals surface area contributed by atoms with Crippen LogP contribution >= 0.6 is 0 Å². The minimum Gasteiger partial charge on any atom is -0.459 e. The predicted molar refractivity (Wildman–Crippen MR) is 79.8 cm³/mol. The summed E-state index contributed by atoms with van der Waals surface area (Å²) in [5.41, 5.74) is 0.569. The van der Waals surface area contributed by atoms with Crippen molar-refractivity contribution in [1.82, 2.24) is 0 Å². The van der Waals surface area contributed by atoms with Crippen molar-refractivity contribution in [2.24, 2.45) is 0 Å². The summed E-state index contributed by atoms with van der Waals surface area (Å²) in [6.45, 7) is 3.87. The number of carbonyl (C=O) groups is 2. The molecule has 1 aromatic carbocycles. The van der Waals surface area contributed by atoms with Gasteiger partial charge < -0.3 is 19.2 Å². The first-order chi connectivity index (χ1) is 10.6. The zero-order chi connectivity index (χ0) is 15.9. The number of amides is 1. The fourth-order valence-corrected chi connectivity index (χ4v) is 1.72. The maximum Gasteiger partial charge on any atom is 0.340 e. The fraction of sp³-hybridized carbons (Fsp3) is 0.250. The summed E-state index contributed by atoms with van der Waals surface area (Å²) in [4.78, 5) is 23.5. The lowest BCUT2D eigenvalue weighted by molar-refractivity contribution is -0.145. The van der Waals surface area contributed by atoms with Gasteiger partial charge in [-0.1, -0.05) is 0 Å². The smallest absolute Gasteiger partial charge is 0.340 e. The lowest BCUT2D eigenvalue weighted by atomic mass is 10.3. The summed E-state index contributed by atoms with van der Waals surface area (Å²) < 4.78 is 15.3. The van der Waals surface area contributed by atoms with Crippen LogP contribution < -0.4 is 10.1 Å². The van der Waals surface area contributed by atoms with Gasteiger partial charge in [-0.15, -0.1) is 0 Å². The summed E-state index contributed by atoms with van der Waals surface area (Å²) in [7, 11) is 0. The van der Waals surface area contributed by atoms with E-state index in [2.05, 4.69) is 5.32 Å². The van der Waals surface area contributed by atoms with Gasteiger partial charge in [-0.3, -0.25) is 4.79 Å². The van der Waals surface area contributed by atoms with Crippen molar-refractivity contribution in [2.45, 2.75) is 20.0 Å². The maximum atomic E-state index is 11.8. The molecule has 1 heterocycles. The van der Waals surface area contributed by atoms with E-state index in [1.807, 2.05) is 0 Å². The van der Waals surface area contributed by atoms with E-state index in [1.54, 1.807) is 50.2 Å². The largest absolute Gasteiger partial charge is 0.459 e. The molecule has 0 aliphatic heterocycles. The van der Waals surface area contributed by atoms with Crippen LogP contribution in [0.2, 0.25) is 0 Å². The van der Waals surface area contributed by atoms with Crippen LogP contribution in [0.4, 0.5) is 5.69 Å². The molecular formula is C16H17NO5. The molecule has 0 saturated carbocycles. The topological polar surface area (TPSA) is 77.8 Å². The normalized spacial score (nSPS) is 11.7. The van der Waals surface area contributed by atoms with Gasteiger partial charge in [0.2, 0.25) is 0 Å². The third kappa shape index (κ3) is 4.20. The highest BCUT2D eigenvalue weighted by atomic mass is 16.6. The second-order valence-electron chi connectivity index (χ2n) is 4.47. The number of benzene rings is 1. The van der Waals surface area contributed by atoms with E-state index in [-0.39, 0.29) is 11.7 Å². The molecule has 22 heavy (non-hydrogen) atoms. The van der Waals surface area contributed by atoms with Gasteiger partial charge in [-0.05, 0) is 50.2 Å². The first-order valence-electron chi connectivity index (χ1n) is 6.88. The Bertz CT molecular complexity index is 618. The van der Waals surface area contributed by atoms with Crippen LogP contribution in [0, 0.1) is 0 Å². The molecule has 0 aliphatic rings. The Morgan fingerprint density at radius 3 is 2.55 bits per heavy atom. The highest BCUT2D eigenvalue weighted by molar-refractivity contribution is 6.02. The summed E-state index contributed by atoms with van der Waals surface area (Å²) in [5.74, 6) is -0.206. The molecule has 6 heteroatoms. The molecule has 2 rings (SSSR count). The number of hydrogen-bond acceptors (Lipinski definition) is 5. The van der Waals surface area contributed by atoms with E-state index in [0.29, 0.717) is 18.0 Å². The second-order valence-corrected chi connectivity index (χ2v) is 4.47. The zero-order valence-electron chi connectivity index (χ0n) is 12.4. The lowest BCUT2D eigenvalue weighted by Gasteiger charge is -2.11. The van der Waals surface area contributed by atoms with Crippen molar-refractivity contribution in [3.63, 3.8) is 0 Å².